The zero-order chi connectivity index (χ0) is 40.4. The van der Waals surface area contributed by atoms with Crippen molar-refractivity contribution in [1.82, 2.24) is 25.8 Å². The number of guanidine groups is 1. The summed E-state index contributed by atoms with van der Waals surface area (Å²) in [6.07, 6.45) is 0.357. The highest BCUT2D eigenvalue weighted by molar-refractivity contribution is 6.11. The van der Waals surface area contributed by atoms with Crippen molar-refractivity contribution in [2.24, 2.45) is 22.2 Å². The standard InChI is InChI=1S/C35H46N10O10/c1-18(46)27(34(52)53)43-31(49)22(10-4-5-15-36)41-32(50)25-12-7-17-44(25)33(51)23(11-6-16-39-35(37)38)42-30(48)20-13-14-24(45(54)55)26-28(20)40-21-9-3-2-8-19(21)29(26)47/h2-3,8-9,13-14,18,22-23,25,27,46H,4-7,10-12,15-17,36H2,1H3,(H,40,47)(H,41,50)(H,42,48)(H,43,49)(H,52,53)(H4,37,38,39)/t18-,22+,23+,25+,27+/m1/s1. The van der Waals surface area contributed by atoms with Gasteiger partial charge in [0.1, 0.15) is 23.5 Å². The van der Waals surface area contributed by atoms with Gasteiger partial charge in [-0.05, 0) is 76.6 Å². The maximum absolute atomic E-state index is 14.2. The lowest BCUT2D eigenvalue weighted by Crippen LogP contribution is -2.58. The lowest BCUT2D eigenvalue weighted by Gasteiger charge is -2.30. The van der Waals surface area contributed by atoms with Gasteiger partial charge in [-0.3, -0.25) is 39.1 Å². The molecule has 4 rings (SSSR count). The van der Waals surface area contributed by atoms with Gasteiger partial charge in [-0.1, -0.05) is 12.1 Å². The molecule has 0 unspecified atom stereocenters. The topological polar surface area (TPSA) is 332 Å². The number of aromatic amines is 1. The Morgan fingerprint density at radius 1 is 1.04 bits per heavy atom. The molecule has 20 heteroatoms. The minimum atomic E-state index is -1.64. The summed E-state index contributed by atoms with van der Waals surface area (Å²) in [5.41, 5.74) is 15.4. The van der Waals surface area contributed by atoms with Crippen molar-refractivity contribution in [3.63, 3.8) is 0 Å². The number of carboxylic acids is 1. The second kappa shape index (κ2) is 18.7. The molecule has 55 heavy (non-hydrogen) atoms. The van der Waals surface area contributed by atoms with E-state index in [0.717, 1.165) is 6.07 Å². The van der Waals surface area contributed by atoms with Crippen LogP contribution in [0.2, 0.25) is 0 Å². The SMILES string of the molecule is C[C@@H](O)[C@H](NC(=O)[C@H](CCCCN)NC(=O)[C@@H]1CCCN1C(=O)[C@H](CCCN=C(N)N)NC(=O)c1ccc([N+](=O)[O-])c2c(=O)c3ccccc3[nH]c12)C(=O)O. The smallest absolute Gasteiger partial charge is 0.328 e. The summed E-state index contributed by atoms with van der Waals surface area (Å²) in [6.45, 7) is 1.71. The largest absolute Gasteiger partial charge is 0.480 e. The highest BCUT2D eigenvalue weighted by Gasteiger charge is 2.39. The average molecular weight is 767 g/mol. The van der Waals surface area contributed by atoms with E-state index in [1.54, 1.807) is 18.2 Å². The van der Waals surface area contributed by atoms with Gasteiger partial charge in [0.2, 0.25) is 23.2 Å². The number of hydrogen-bond acceptors (Lipinski definition) is 11. The number of aliphatic imine (C=N–C) groups is 1. The van der Waals surface area contributed by atoms with Crippen LogP contribution in [0.15, 0.2) is 46.2 Å². The zero-order valence-electron chi connectivity index (χ0n) is 30.2. The van der Waals surface area contributed by atoms with Crippen LogP contribution in [-0.2, 0) is 19.2 Å². The molecule has 2 aromatic carbocycles. The van der Waals surface area contributed by atoms with Gasteiger partial charge in [0.05, 0.1) is 22.1 Å². The first-order valence-corrected chi connectivity index (χ1v) is 17.8. The number of benzene rings is 2. The number of nitro groups is 1. The van der Waals surface area contributed by atoms with Crippen molar-refractivity contribution < 1.29 is 39.1 Å². The molecule has 2 heterocycles. The summed E-state index contributed by atoms with van der Waals surface area (Å²) < 4.78 is 0. The third-order valence-corrected chi connectivity index (χ3v) is 9.30. The molecule has 20 nitrogen and oxygen atoms in total. The Morgan fingerprint density at radius 3 is 2.40 bits per heavy atom. The molecule has 1 fully saturated rings. The van der Waals surface area contributed by atoms with Crippen LogP contribution < -0.4 is 38.6 Å². The fourth-order valence-corrected chi connectivity index (χ4v) is 6.52. The number of hydrogen-bond donors (Lipinski definition) is 9. The van der Waals surface area contributed by atoms with E-state index in [2.05, 4.69) is 25.9 Å². The van der Waals surface area contributed by atoms with E-state index in [-0.39, 0.29) is 66.6 Å². The summed E-state index contributed by atoms with van der Waals surface area (Å²) in [6, 6.07) is 3.33. The van der Waals surface area contributed by atoms with Crippen LogP contribution >= 0.6 is 0 Å². The number of aliphatic carboxylic acids is 1. The first-order valence-electron chi connectivity index (χ1n) is 17.8. The summed E-state index contributed by atoms with van der Waals surface area (Å²) >= 11 is 0. The molecule has 1 aromatic heterocycles. The molecule has 1 aliphatic heterocycles. The summed E-state index contributed by atoms with van der Waals surface area (Å²) in [5, 5.41) is 38.7. The fourth-order valence-electron chi connectivity index (χ4n) is 6.52. The number of carbonyl (C=O) groups excluding carboxylic acids is 4. The number of carboxylic acid groups (broad SMARTS) is 1. The van der Waals surface area contributed by atoms with Crippen molar-refractivity contribution in [2.45, 2.75) is 82.1 Å². The van der Waals surface area contributed by atoms with Gasteiger partial charge >= 0.3 is 5.97 Å². The van der Waals surface area contributed by atoms with Crippen molar-refractivity contribution in [3.8, 4) is 0 Å². The van der Waals surface area contributed by atoms with Crippen molar-refractivity contribution >= 4 is 63.1 Å². The normalized spacial score (nSPS) is 16.1. The summed E-state index contributed by atoms with van der Waals surface area (Å²) in [7, 11) is 0. The van der Waals surface area contributed by atoms with Crippen molar-refractivity contribution in [3.05, 3.63) is 62.3 Å². The van der Waals surface area contributed by atoms with E-state index in [1.807, 2.05) is 0 Å². The molecule has 0 spiro atoms. The first-order chi connectivity index (χ1) is 26.2. The lowest BCUT2D eigenvalue weighted by molar-refractivity contribution is -0.383. The van der Waals surface area contributed by atoms with E-state index in [0.29, 0.717) is 31.3 Å². The molecular formula is C35H46N10O10. The maximum Gasteiger partial charge on any atom is 0.328 e. The first kappa shape index (κ1) is 41.6. The van der Waals surface area contributed by atoms with E-state index in [9.17, 15) is 49.1 Å². The van der Waals surface area contributed by atoms with E-state index in [1.165, 1.54) is 24.0 Å². The summed E-state index contributed by atoms with van der Waals surface area (Å²) in [4.78, 5) is 99.6. The number of aliphatic hydroxyl groups excluding tert-OH is 1. The number of amides is 4. The molecule has 1 aliphatic rings. The second-order valence-electron chi connectivity index (χ2n) is 13.2. The Bertz CT molecular complexity index is 2030. The highest BCUT2D eigenvalue weighted by Crippen LogP contribution is 2.27. The van der Waals surface area contributed by atoms with Gasteiger partial charge in [0, 0.05) is 30.1 Å². The third kappa shape index (κ3) is 10.1. The molecule has 0 saturated carbocycles. The van der Waals surface area contributed by atoms with Gasteiger partial charge in [-0.25, -0.2) is 4.79 Å². The molecule has 12 N–H and O–H groups in total. The van der Waals surface area contributed by atoms with Crippen molar-refractivity contribution in [1.29, 1.82) is 0 Å². The Hall–Kier alpha value is -6.15. The Kier molecular flexibility index (Phi) is 14.2. The van der Waals surface area contributed by atoms with Crippen LogP contribution in [-0.4, -0.2) is 110 Å². The Morgan fingerprint density at radius 2 is 1.75 bits per heavy atom. The molecule has 296 valence electrons. The molecule has 0 bridgehead atoms. The Labute approximate surface area is 314 Å². The van der Waals surface area contributed by atoms with Crippen molar-refractivity contribution in [2.75, 3.05) is 19.6 Å². The molecular weight excluding hydrogens is 720 g/mol. The number of pyridine rings is 1. The van der Waals surface area contributed by atoms with E-state index >= 15 is 0 Å². The average Bonchev–Trinajstić information content (AvgIpc) is 3.64. The minimum Gasteiger partial charge on any atom is -0.480 e. The predicted molar refractivity (Wildman–Crippen MR) is 201 cm³/mol. The van der Waals surface area contributed by atoms with E-state index < -0.39 is 75.9 Å². The van der Waals surface area contributed by atoms with Crippen LogP contribution in [0.4, 0.5) is 5.69 Å². The van der Waals surface area contributed by atoms with Gasteiger partial charge in [0.15, 0.2) is 12.0 Å². The number of likely N-dealkylation sites (tertiary alicyclic amines) is 1. The molecule has 1 saturated heterocycles. The molecule has 3 aromatic rings. The third-order valence-electron chi connectivity index (χ3n) is 9.30. The molecule has 4 amide bonds. The van der Waals surface area contributed by atoms with Gasteiger partial charge in [-0.2, -0.15) is 0 Å². The predicted octanol–water partition coefficient (Wildman–Crippen LogP) is -0.703. The zero-order valence-corrected chi connectivity index (χ0v) is 30.2. The number of rotatable bonds is 18. The number of nitrogens with zero attached hydrogens (tertiary/aromatic N) is 3. The van der Waals surface area contributed by atoms with Crippen LogP contribution in [0.1, 0.15) is 62.2 Å². The molecule has 0 aliphatic carbocycles. The number of H-pyrrole nitrogens is 1. The number of nitro benzene ring substituents is 1. The Balaban J connectivity index is 1.63. The molecule has 0 radical (unpaired) electrons. The maximum atomic E-state index is 14.2. The van der Waals surface area contributed by atoms with Gasteiger partial charge in [0.25, 0.3) is 11.6 Å². The van der Waals surface area contributed by atoms with Crippen LogP contribution in [0.5, 0.6) is 0 Å². The second-order valence-corrected chi connectivity index (χ2v) is 13.2. The monoisotopic (exact) mass is 766 g/mol. The number of non-ortho nitro benzene ring substituents is 1. The van der Waals surface area contributed by atoms with Crippen LogP contribution in [0, 0.1) is 10.1 Å². The van der Waals surface area contributed by atoms with Crippen LogP contribution in [0.25, 0.3) is 21.8 Å². The minimum absolute atomic E-state index is 0.00338. The highest BCUT2D eigenvalue weighted by atomic mass is 16.6. The number of nitrogens with two attached hydrogens (primary N) is 3. The van der Waals surface area contributed by atoms with Gasteiger partial charge in [-0.15, -0.1) is 0 Å². The number of nitrogens with one attached hydrogen (secondary N) is 4. The number of carbonyl (C=O) groups is 5. The molecule has 5 atom stereocenters. The lowest BCUT2D eigenvalue weighted by atomic mass is 10.0. The van der Waals surface area contributed by atoms with Crippen LogP contribution in [0.3, 0.4) is 0 Å². The van der Waals surface area contributed by atoms with Gasteiger partial charge < -0.3 is 53.2 Å². The number of fused-ring (bicyclic) bond motifs is 2. The number of aliphatic hydroxyl groups is 1. The number of para-hydroxylation sites is 1. The number of aromatic nitrogens is 1. The summed E-state index contributed by atoms with van der Waals surface area (Å²) in [5.74, 6) is -4.69. The van der Waals surface area contributed by atoms with E-state index in [4.69, 9.17) is 17.2 Å². The fraction of sp³-hybridized carbons (Fsp3) is 0.457. The number of unbranched alkanes of at least 4 members (excludes halogenated alkanes) is 1. The quantitative estimate of drug-likeness (QED) is 0.0193.